The first-order valence-corrected chi connectivity index (χ1v) is 7.69. The number of oxazole rings is 1. The fourth-order valence-electron chi connectivity index (χ4n) is 2.05. The van der Waals surface area contributed by atoms with Crippen LogP contribution in [0.2, 0.25) is 0 Å². The number of anilines is 1. The van der Waals surface area contributed by atoms with E-state index in [2.05, 4.69) is 17.2 Å². The second-order valence-corrected chi connectivity index (χ2v) is 4.95. The normalized spacial score (nSPS) is 10.5. The summed E-state index contributed by atoms with van der Waals surface area (Å²) < 4.78 is 10.7. The van der Waals surface area contributed by atoms with Crippen molar-refractivity contribution in [3.05, 3.63) is 47.5 Å². The fraction of sp³-hybridized carbons (Fsp3) is 0.412. The minimum Gasteiger partial charge on any atom is -0.461 e. The van der Waals surface area contributed by atoms with Gasteiger partial charge < -0.3 is 14.5 Å². The molecule has 1 aromatic carbocycles. The Morgan fingerprint density at radius 3 is 2.73 bits per heavy atom. The van der Waals surface area contributed by atoms with Crippen LogP contribution in [-0.2, 0) is 11.2 Å². The molecule has 1 N–H and O–H groups in total. The molecule has 22 heavy (non-hydrogen) atoms. The number of rotatable bonds is 8. The number of nitrogens with zero attached hydrogens (tertiary/aromatic N) is 1. The van der Waals surface area contributed by atoms with Gasteiger partial charge in [-0.2, -0.15) is 0 Å². The van der Waals surface area contributed by atoms with E-state index in [-0.39, 0.29) is 5.69 Å². The summed E-state index contributed by atoms with van der Waals surface area (Å²) in [5, 5.41) is 3.13. The average Bonchev–Trinajstić information content (AvgIpc) is 2.92. The molecular formula is C17H22N2O3. The zero-order valence-electron chi connectivity index (χ0n) is 13.1. The molecule has 0 unspecified atom stereocenters. The summed E-state index contributed by atoms with van der Waals surface area (Å²) in [6.45, 7) is 4.93. The Morgan fingerprint density at radius 1 is 1.27 bits per heavy atom. The molecule has 0 spiro atoms. The lowest BCUT2D eigenvalue weighted by Crippen LogP contribution is -2.10. The van der Waals surface area contributed by atoms with E-state index < -0.39 is 5.97 Å². The summed E-state index contributed by atoms with van der Waals surface area (Å²) in [5.74, 6) is 0.454. The van der Waals surface area contributed by atoms with Gasteiger partial charge in [-0.05, 0) is 18.9 Å². The van der Waals surface area contributed by atoms with Gasteiger partial charge in [0.1, 0.15) is 0 Å². The zero-order chi connectivity index (χ0) is 15.8. The fourth-order valence-corrected chi connectivity index (χ4v) is 2.05. The Bertz CT molecular complexity index is 593. The highest BCUT2D eigenvalue weighted by Crippen LogP contribution is 2.20. The molecule has 1 heterocycles. The Kier molecular flexibility index (Phi) is 6.01. The van der Waals surface area contributed by atoms with Gasteiger partial charge >= 0.3 is 5.97 Å². The van der Waals surface area contributed by atoms with E-state index in [1.54, 1.807) is 6.92 Å². The molecule has 5 heteroatoms. The van der Waals surface area contributed by atoms with Crippen molar-refractivity contribution in [2.75, 3.05) is 18.5 Å². The summed E-state index contributed by atoms with van der Waals surface area (Å²) in [5.41, 5.74) is 1.31. The van der Waals surface area contributed by atoms with Gasteiger partial charge in [0.2, 0.25) is 17.5 Å². The molecule has 0 saturated heterocycles. The van der Waals surface area contributed by atoms with Crippen LogP contribution in [0.3, 0.4) is 0 Å². The topological polar surface area (TPSA) is 64.4 Å². The lowest BCUT2D eigenvalue weighted by Gasteiger charge is -2.03. The molecule has 0 saturated carbocycles. The predicted molar refractivity (Wildman–Crippen MR) is 85.1 cm³/mol. The molecule has 2 rings (SSSR count). The van der Waals surface area contributed by atoms with Gasteiger partial charge in [0.25, 0.3) is 0 Å². The van der Waals surface area contributed by atoms with Crippen LogP contribution in [0.4, 0.5) is 5.88 Å². The van der Waals surface area contributed by atoms with Crippen molar-refractivity contribution in [3.63, 3.8) is 0 Å². The molecule has 0 fully saturated rings. The molecule has 0 aliphatic rings. The second-order valence-electron chi connectivity index (χ2n) is 4.95. The molecule has 0 atom stereocenters. The van der Waals surface area contributed by atoms with Crippen molar-refractivity contribution in [3.8, 4) is 0 Å². The number of ether oxygens (including phenoxy) is 1. The molecule has 0 aliphatic carbocycles. The van der Waals surface area contributed by atoms with Gasteiger partial charge in [-0.15, -0.1) is 0 Å². The van der Waals surface area contributed by atoms with Crippen LogP contribution in [-0.4, -0.2) is 24.1 Å². The summed E-state index contributed by atoms with van der Waals surface area (Å²) >= 11 is 0. The Balaban J connectivity index is 2.16. The van der Waals surface area contributed by atoms with Gasteiger partial charge in [-0.1, -0.05) is 43.7 Å². The summed E-state index contributed by atoms with van der Waals surface area (Å²) in [6, 6.07) is 9.88. The number of nitrogens with one attached hydrogen (secondary N) is 1. The van der Waals surface area contributed by atoms with Crippen molar-refractivity contribution in [2.45, 2.75) is 33.1 Å². The Hall–Kier alpha value is -2.30. The van der Waals surface area contributed by atoms with Crippen molar-refractivity contribution >= 4 is 11.9 Å². The molecule has 0 aliphatic heterocycles. The minimum atomic E-state index is -0.454. The van der Waals surface area contributed by atoms with Gasteiger partial charge in [-0.3, -0.25) is 0 Å². The highest BCUT2D eigenvalue weighted by atomic mass is 16.5. The van der Waals surface area contributed by atoms with Crippen LogP contribution < -0.4 is 5.32 Å². The summed E-state index contributed by atoms with van der Waals surface area (Å²) in [7, 11) is 0. The van der Waals surface area contributed by atoms with E-state index in [4.69, 9.17) is 9.15 Å². The van der Waals surface area contributed by atoms with Crippen molar-refractivity contribution in [2.24, 2.45) is 0 Å². The zero-order valence-corrected chi connectivity index (χ0v) is 13.1. The number of carbonyl (C=O) groups excluding carboxylic acids is 1. The average molecular weight is 302 g/mol. The largest absolute Gasteiger partial charge is 0.461 e. The molecule has 0 bridgehead atoms. The van der Waals surface area contributed by atoms with E-state index in [9.17, 15) is 4.79 Å². The van der Waals surface area contributed by atoms with Crippen LogP contribution in [0.25, 0.3) is 0 Å². The van der Waals surface area contributed by atoms with Crippen LogP contribution in [0.5, 0.6) is 0 Å². The third kappa shape index (κ3) is 4.35. The summed E-state index contributed by atoms with van der Waals surface area (Å²) in [6.07, 6.45) is 2.60. The standard InChI is InChI=1S/C17H22N2O3/c1-3-5-11-18-16-15(17(20)21-4-2)19-14(22-16)12-13-9-7-6-8-10-13/h6-10,18H,3-5,11-12H2,1-2H3. The van der Waals surface area contributed by atoms with E-state index >= 15 is 0 Å². The minimum absolute atomic E-state index is 0.226. The third-order valence-electron chi connectivity index (χ3n) is 3.15. The highest BCUT2D eigenvalue weighted by molar-refractivity contribution is 5.92. The van der Waals surface area contributed by atoms with Crippen LogP contribution in [0.15, 0.2) is 34.7 Å². The molecular weight excluding hydrogens is 280 g/mol. The number of hydrogen-bond donors (Lipinski definition) is 1. The van der Waals surface area contributed by atoms with Gasteiger partial charge in [0, 0.05) is 13.0 Å². The first-order chi connectivity index (χ1) is 10.7. The predicted octanol–water partition coefficient (Wildman–Crippen LogP) is 3.65. The van der Waals surface area contributed by atoms with Gasteiger partial charge in [0.05, 0.1) is 6.61 Å². The number of aromatic nitrogens is 1. The quantitative estimate of drug-likeness (QED) is 0.595. The highest BCUT2D eigenvalue weighted by Gasteiger charge is 2.21. The van der Waals surface area contributed by atoms with E-state index in [0.717, 1.165) is 24.9 Å². The number of benzene rings is 1. The SMILES string of the molecule is CCCCNc1oc(Cc2ccccc2)nc1C(=O)OCC. The first-order valence-electron chi connectivity index (χ1n) is 7.69. The molecule has 0 radical (unpaired) electrons. The Morgan fingerprint density at radius 2 is 2.05 bits per heavy atom. The van der Waals surface area contributed by atoms with Crippen molar-refractivity contribution in [1.82, 2.24) is 4.98 Å². The first kappa shape index (κ1) is 16.1. The lowest BCUT2D eigenvalue weighted by atomic mass is 10.1. The van der Waals surface area contributed by atoms with Crippen LogP contribution in [0, 0.1) is 0 Å². The smallest absolute Gasteiger partial charge is 0.362 e. The number of carbonyl (C=O) groups is 1. The van der Waals surface area contributed by atoms with Gasteiger partial charge in [0.15, 0.2) is 0 Å². The van der Waals surface area contributed by atoms with Crippen molar-refractivity contribution in [1.29, 1.82) is 0 Å². The molecule has 5 nitrogen and oxygen atoms in total. The maximum absolute atomic E-state index is 12.0. The Labute approximate surface area is 130 Å². The van der Waals surface area contributed by atoms with E-state index in [0.29, 0.717) is 24.8 Å². The monoisotopic (exact) mass is 302 g/mol. The second kappa shape index (κ2) is 8.22. The van der Waals surface area contributed by atoms with E-state index in [1.165, 1.54) is 0 Å². The number of unbranched alkanes of at least 4 members (excludes halogenated alkanes) is 1. The third-order valence-corrected chi connectivity index (χ3v) is 3.15. The van der Waals surface area contributed by atoms with Crippen LogP contribution >= 0.6 is 0 Å². The molecule has 0 amide bonds. The van der Waals surface area contributed by atoms with Crippen molar-refractivity contribution < 1.29 is 13.9 Å². The van der Waals surface area contributed by atoms with Gasteiger partial charge in [-0.25, -0.2) is 9.78 Å². The van der Waals surface area contributed by atoms with E-state index in [1.807, 2.05) is 30.3 Å². The molecule has 2 aromatic rings. The maximum atomic E-state index is 12.0. The van der Waals surface area contributed by atoms with Crippen LogP contribution in [0.1, 0.15) is 48.6 Å². The number of hydrogen-bond acceptors (Lipinski definition) is 5. The maximum Gasteiger partial charge on any atom is 0.362 e. The molecule has 118 valence electrons. The summed E-state index contributed by atoms with van der Waals surface area (Å²) in [4.78, 5) is 16.3. The number of esters is 1. The molecule has 1 aromatic heterocycles. The lowest BCUT2D eigenvalue weighted by molar-refractivity contribution is 0.0521.